The van der Waals surface area contributed by atoms with Gasteiger partial charge in [0.1, 0.15) is 0 Å². The Labute approximate surface area is 290 Å². The number of nitrogens with zero attached hydrogens (tertiary/aromatic N) is 2. The maximum atomic E-state index is 5.21. The van der Waals surface area contributed by atoms with Crippen LogP contribution in [0.2, 0.25) is 0 Å². The van der Waals surface area contributed by atoms with Gasteiger partial charge in [0.25, 0.3) is 0 Å². The zero-order valence-corrected chi connectivity index (χ0v) is 27.2. The normalized spacial score (nSPS) is 11.6. The molecular formula is C48H30N2. The molecule has 0 aliphatic rings. The van der Waals surface area contributed by atoms with Gasteiger partial charge in [0.2, 0.25) is 0 Å². The van der Waals surface area contributed by atoms with E-state index in [2.05, 4.69) is 170 Å². The van der Waals surface area contributed by atoms with Crippen molar-refractivity contribution in [2.24, 2.45) is 0 Å². The van der Waals surface area contributed by atoms with Crippen molar-refractivity contribution in [3.8, 4) is 44.8 Å². The van der Waals surface area contributed by atoms with E-state index in [1.165, 1.54) is 70.6 Å². The number of aromatic nitrogens is 2. The molecule has 0 unspecified atom stereocenters. The lowest BCUT2D eigenvalue weighted by atomic mass is 9.86. The van der Waals surface area contributed by atoms with Crippen molar-refractivity contribution < 1.29 is 0 Å². The topological polar surface area (TPSA) is 25.8 Å². The van der Waals surface area contributed by atoms with Crippen LogP contribution in [0.25, 0.3) is 98.6 Å². The minimum atomic E-state index is 0.963. The highest BCUT2D eigenvalue weighted by Gasteiger charge is 2.19. The predicted octanol–water partition coefficient (Wildman–Crippen LogP) is 12.9. The van der Waals surface area contributed by atoms with Gasteiger partial charge < -0.3 is 0 Å². The van der Waals surface area contributed by atoms with Crippen LogP contribution in [0.15, 0.2) is 182 Å². The summed E-state index contributed by atoms with van der Waals surface area (Å²) in [7, 11) is 0. The highest BCUT2D eigenvalue weighted by atomic mass is 14.7. The Morgan fingerprint density at radius 1 is 0.300 bits per heavy atom. The molecule has 2 nitrogen and oxygen atoms in total. The molecule has 2 heteroatoms. The molecule has 0 aliphatic heterocycles. The minimum absolute atomic E-state index is 0.963. The molecule has 0 amide bonds. The fourth-order valence-corrected chi connectivity index (χ4v) is 7.86. The Kier molecular flexibility index (Phi) is 6.53. The fourth-order valence-electron chi connectivity index (χ4n) is 7.86. The van der Waals surface area contributed by atoms with E-state index in [9.17, 15) is 0 Å². The van der Waals surface area contributed by atoms with Crippen LogP contribution in [-0.4, -0.2) is 9.97 Å². The summed E-state index contributed by atoms with van der Waals surface area (Å²) in [6.07, 6.45) is 3.94. The quantitative estimate of drug-likeness (QED) is 0.142. The van der Waals surface area contributed by atoms with E-state index in [0.717, 1.165) is 28.1 Å². The van der Waals surface area contributed by atoms with Crippen molar-refractivity contribution in [1.82, 2.24) is 9.97 Å². The van der Waals surface area contributed by atoms with Crippen molar-refractivity contribution in [3.63, 3.8) is 0 Å². The summed E-state index contributed by atoms with van der Waals surface area (Å²) in [4.78, 5) is 10.1. The van der Waals surface area contributed by atoms with Crippen molar-refractivity contribution in [2.45, 2.75) is 0 Å². The molecule has 50 heavy (non-hydrogen) atoms. The Hall–Kier alpha value is -6.64. The molecular weight excluding hydrogens is 605 g/mol. The molecule has 10 rings (SSSR count). The first-order valence-electron chi connectivity index (χ1n) is 17.1. The summed E-state index contributed by atoms with van der Waals surface area (Å²) in [6, 6.07) is 60.9. The molecule has 0 spiro atoms. The first-order chi connectivity index (χ1) is 24.8. The van der Waals surface area contributed by atoms with Crippen molar-refractivity contribution >= 4 is 53.9 Å². The molecule has 232 valence electrons. The van der Waals surface area contributed by atoms with E-state index in [0.29, 0.717) is 0 Å². The highest BCUT2D eigenvalue weighted by molar-refractivity contribution is 6.22. The molecule has 0 radical (unpaired) electrons. The first kappa shape index (κ1) is 28.4. The third-order valence-corrected chi connectivity index (χ3v) is 10.1. The second-order valence-electron chi connectivity index (χ2n) is 12.9. The van der Waals surface area contributed by atoms with Crippen LogP contribution in [0.4, 0.5) is 0 Å². The van der Waals surface area contributed by atoms with Gasteiger partial charge in [-0.1, -0.05) is 140 Å². The van der Waals surface area contributed by atoms with Crippen molar-refractivity contribution in [1.29, 1.82) is 0 Å². The molecule has 10 aromatic rings. The van der Waals surface area contributed by atoms with Gasteiger partial charge >= 0.3 is 0 Å². The highest BCUT2D eigenvalue weighted by Crippen LogP contribution is 2.45. The number of rotatable bonds is 4. The van der Waals surface area contributed by atoms with E-state index < -0.39 is 0 Å². The number of hydrogen-bond acceptors (Lipinski definition) is 2. The molecule has 2 heterocycles. The lowest BCUT2D eigenvalue weighted by molar-refractivity contribution is 1.33. The molecule has 0 fully saturated rings. The van der Waals surface area contributed by atoms with Crippen molar-refractivity contribution in [3.05, 3.63) is 182 Å². The second kappa shape index (κ2) is 11.5. The molecule has 0 bridgehead atoms. The number of pyridine rings is 2. The van der Waals surface area contributed by atoms with E-state index in [1.807, 2.05) is 12.3 Å². The van der Waals surface area contributed by atoms with Crippen LogP contribution >= 0.6 is 0 Å². The summed E-state index contributed by atoms with van der Waals surface area (Å²) >= 11 is 0. The monoisotopic (exact) mass is 634 g/mol. The lowest BCUT2D eigenvalue weighted by Crippen LogP contribution is -1.94. The van der Waals surface area contributed by atoms with Crippen molar-refractivity contribution in [2.75, 3.05) is 0 Å². The van der Waals surface area contributed by atoms with E-state index in [1.54, 1.807) is 0 Å². The second-order valence-corrected chi connectivity index (χ2v) is 12.9. The van der Waals surface area contributed by atoms with Gasteiger partial charge in [0.15, 0.2) is 0 Å². The van der Waals surface area contributed by atoms with E-state index >= 15 is 0 Å². The van der Waals surface area contributed by atoms with Gasteiger partial charge in [-0.3, -0.25) is 9.97 Å². The number of hydrogen-bond donors (Lipinski definition) is 0. The summed E-state index contributed by atoms with van der Waals surface area (Å²) in [5.41, 5.74) is 8.87. The van der Waals surface area contributed by atoms with Gasteiger partial charge in [0.05, 0.1) is 11.4 Å². The van der Waals surface area contributed by atoms with E-state index in [4.69, 9.17) is 9.97 Å². The Morgan fingerprint density at radius 2 is 0.940 bits per heavy atom. The molecule has 8 aromatic carbocycles. The Morgan fingerprint density at radius 3 is 1.72 bits per heavy atom. The summed E-state index contributed by atoms with van der Waals surface area (Å²) in [5, 5.41) is 12.2. The third-order valence-electron chi connectivity index (χ3n) is 10.1. The maximum Gasteiger partial charge on any atom is 0.0714 e. The van der Waals surface area contributed by atoms with Gasteiger partial charge in [-0.15, -0.1) is 0 Å². The smallest absolute Gasteiger partial charge is 0.0714 e. The molecule has 0 aliphatic carbocycles. The predicted molar refractivity (Wildman–Crippen MR) is 211 cm³/mol. The maximum absolute atomic E-state index is 5.21. The van der Waals surface area contributed by atoms with Gasteiger partial charge in [-0.25, -0.2) is 0 Å². The average Bonchev–Trinajstić information content (AvgIpc) is 3.20. The van der Waals surface area contributed by atoms with Gasteiger partial charge in [-0.05, 0) is 101 Å². The zero-order chi connectivity index (χ0) is 33.0. The largest absolute Gasteiger partial charge is 0.256 e. The Balaban J connectivity index is 1.21. The summed E-state index contributed by atoms with van der Waals surface area (Å²) in [5.74, 6) is 0. The SMILES string of the molecule is c1ccc(-c2ccc3c(-c4ccc(-c5cc6c7ccccc7ccc6c6ccccc56)nc4)c4ccccc4c(-c4ccccn4)c3c2)cc1. The van der Waals surface area contributed by atoms with Crippen LogP contribution in [0.5, 0.6) is 0 Å². The third kappa shape index (κ3) is 4.50. The van der Waals surface area contributed by atoms with Crippen LogP contribution in [0.1, 0.15) is 0 Å². The van der Waals surface area contributed by atoms with Gasteiger partial charge in [0, 0.05) is 29.1 Å². The minimum Gasteiger partial charge on any atom is -0.256 e. The standard InChI is InChI=1S/C48H30N2/c1-2-12-31(13-3-1)33-22-25-41-44(28-33)48(46-20-10-11-27-49-46)40-19-9-8-18-39(40)47(41)34-23-26-45(50-30-34)43-29-42-35-15-5-4-14-32(35)21-24-38(42)36-16-6-7-17-37(36)43/h1-30H. The Bertz CT molecular complexity index is 2890. The summed E-state index contributed by atoms with van der Waals surface area (Å²) in [6.45, 7) is 0. The first-order valence-corrected chi connectivity index (χ1v) is 17.1. The van der Waals surface area contributed by atoms with Crippen LogP contribution < -0.4 is 0 Å². The number of fused-ring (bicyclic) bond motifs is 7. The number of benzene rings is 8. The van der Waals surface area contributed by atoms with Crippen LogP contribution in [0, 0.1) is 0 Å². The zero-order valence-electron chi connectivity index (χ0n) is 27.2. The van der Waals surface area contributed by atoms with E-state index in [-0.39, 0.29) is 0 Å². The van der Waals surface area contributed by atoms with Crippen LogP contribution in [-0.2, 0) is 0 Å². The molecule has 0 atom stereocenters. The fraction of sp³-hybridized carbons (Fsp3) is 0. The van der Waals surface area contributed by atoms with Crippen LogP contribution in [0.3, 0.4) is 0 Å². The lowest BCUT2D eigenvalue weighted by Gasteiger charge is -2.18. The molecule has 0 N–H and O–H groups in total. The summed E-state index contributed by atoms with van der Waals surface area (Å²) < 4.78 is 0. The molecule has 0 saturated heterocycles. The van der Waals surface area contributed by atoms with Gasteiger partial charge in [-0.2, -0.15) is 0 Å². The average molecular weight is 635 g/mol. The molecule has 2 aromatic heterocycles. The molecule has 0 saturated carbocycles.